The lowest BCUT2D eigenvalue weighted by Crippen LogP contribution is -2.40. The summed E-state index contributed by atoms with van der Waals surface area (Å²) >= 11 is 0. The Balaban J connectivity index is 1.38. The van der Waals surface area contributed by atoms with Gasteiger partial charge in [0.25, 0.3) is 0 Å². The molecule has 6 heteroatoms. The van der Waals surface area contributed by atoms with E-state index in [1.807, 2.05) is 4.90 Å². The Bertz CT molecular complexity index is 756. The van der Waals surface area contributed by atoms with Crippen molar-refractivity contribution in [1.29, 1.82) is 0 Å². The van der Waals surface area contributed by atoms with Gasteiger partial charge in [0.2, 0.25) is 5.91 Å². The van der Waals surface area contributed by atoms with Gasteiger partial charge in [-0.25, -0.2) is 8.42 Å². The number of carbonyl (C=O) groups excluding carboxylic acids is 1. The monoisotopic (exact) mass is 436 g/mol. The minimum atomic E-state index is -2.95. The molecule has 0 aromatic carbocycles. The molecule has 2 aliphatic carbocycles. The summed E-state index contributed by atoms with van der Waals surface area (Å²) < 4.78 is 25.7. The number of hydrogen-bond acceptors (Lipinski definition) is 4. The molecule has 2 saturated carbocycles. The second kappa shape index (κ2) is 9.32. The molecule has 0 N–H and O–H groups in total. The first-order chi connectivity index (χ1) is 14.3. The molecule has 3 fully saturated rings. The van der Waals surface area contributed by atoms with Crippen LogP contribution in [0.2, 0.25) is 0 Å². The number of hydrogen-bond donors (Lipinski definition) is 0. The molecule has 0 bridgehead atoms. The Morgan fingerprint density at radius 2 is 1.83 bits per heavy atom. The second-order valence-corrected chi connectivity index (χ2v) is 12.8. The molecular weight excluding hydrogens is 396 g/mol. The summed E-state index contributed by atoms with van der Waals surface area (Å²) in [5.74, 6) is 1.42. The highest BCUT2D eigenvalue weighted by molar-refractivity contribution is 7.92. The number of carbonyl (C=O) groups is 1. The molecule has 4 rings (SSSR count). The molecule has 3 unspecified atom stereocenters. The first-order valence-electron chi connectivity index (χ1n) is 12.3. The van der Waals surface area contributed by atoms with E-state index in [1.165, 1.54) is 31.4 Å². The molecule has 0 radical (unpaired) electrons. The van der Waals surface area contributed by atoms with E-state index in [4.69, 9.17) is 0 Å². The fourth-order valence-electron chi connectivity index (χ4n) is 6.57. The van der Waals surface area contributed by atoms with E-state index in [9.17, 15) is 13.2 Å². The number of sulfone groups is 1. The highest BCUT2D eigenvalue weighted by Gasteiger charge is 2.42. The normalized spacial score (nSPS) is 33.5. The molecular formula is C24H40N2O3S. The molecule has 1 saturated heterocycles. The highest BCUT2D eigenvalue weighted by Crippen LogP contribution is 2.45. The summed E-state index contributed by atoms with van der Waals surface area (Å²) in [5.41, 5.74) is 1.44. The molecule has 4 aliphatic rings. The van der Waals surface area contributed by atoms with E-state index in [1.54, 1.807) is 6.92 Å². The van der Waals surface area contributed by atoms with Crippen LogP contribution in [0.25, 0.3) is 0 Å². The van der Waals surface area contributed by atoms with Crippen molar-refractivity contribution in [1.82, 2.24) is 9.80 Å². The third-order valence-corrected chi connectivity index (χ3v) is 10.7. The van der Waals surface area contributed by atoms with E-state index >= 15 is 0 Å². The Kier molecular flexibility index (Phi) is 6.93. The van der Waals surface area contributed by atoms with E-state index in [2.05, 4.69) is 18.1 Å². The van der Waals surface area contributed by atoms with Crippen LogP contribution in [0, 0.1) is 11.8 Å². The van der Waals surface area contributed by atoms with E-state index in [0.29, 0.717) is 29.7 Å². The van der Waals surface area contributed by atoms with Gasteiger partial charge in [0, 0.05) is 31.1 Å². The molecule has 1 amide bonds. The predicted octanol–water partition coefficient (Wildman–Crippen LogP) is 4.14. The van der Waals surface area contributed by atoms with Gasteiger partial charge in [0.05, 0.1) is 11.0 Å². The minimum absolute atomic E-state index is 0.0874. The Labute approximate surface area is 183 Å². The molecule has 2 heterocycles. The predicted molar refractivity (Wildman–Crippen MR) is 121 cm³/mol. The standard InChI is InChI=1S/C24H40N2O3S/c1-18(27)26-17-20(16-21-7-6-13-25(21)2)23-15-19(10-11-24(23)26)12-14-30(28,29)22-8-4-3-5-9-22/h17,19,21-24H,3-16H2,1-2H3/t19?,21-,23?,24?/m1/s1. The quantitative estimate of drug-likeness (QED) is 0.628. The summed E-state index contributed by atoms with van der Waals surface area (Å²) in [4.78, 5) is 16.7. The van der Waals surface area contributed by atoms with Gasteiger partial charge in [0.15, 0.2) is 9.84 Å². The second-order valence-electron chi connectivity index (χ2n) is 10.4. The first kappa shape index (κ1) is 22.3. The third-order valence-electron chi connectivity index (χ3n) is 8.44. The number of amides is 1. The van der Waals surface area contributed by atoms with Crippen molar-refractivity contribution in [3.63, 3.8) is 0 Å². The molecule has 0 aromatic rings. The molecule has 4 atom stereocenters. The number of rotatable bonds is 6. The van der Waals surface area contributed by atoms with Crippen LogP contribution in [-0.2, 0) is 14.6 Å². The number of nitrogens with zero attached hydrogens (tertiary/aromatic N) is 2. The minimum Gasteiger partial charge on any atom is -0.316 e. The third kappa shape index (κ3) is 4.79. The zero-order valence-corrected chi connectivity index (χ0v) is 19.7. The lowest BCUT2D eigenvalue weighted by Gasteiger charge is -2.37. The van der Waals surface area contributed by atoms with Gasteiger partial charge in [-0.1, -0.05) is 19.3 Å². The molecule has 30 heavy (non-hydrogen) atoms. The number of fused-ring (bicyclic) bond motifs is 1. The first-order valence-corrected chi connectivity index (χ1v) is 14.0. The van der Waals surface area contributed by atoms with Crippen LogP contribution in [-0.4, -0.2) is 60.8 Å². The van der Waals surface area contributed by atoms with Crippen molar-refractivity contribution in [2.24, 2.45) is 11.8 Å². The van der Waals surface area contributed by atoms with Crippen LogP contribution in [0.1, 0.15) is 84.0 Å². The van der Waals surface area contributed by atoms with E-state index < -0.39 is 9.84 Å². The van der Waals surface area contributed by atoms with Gasteiger partial charge in [-0.2, -0.15) is 0 Å². The summed E-state index contributed by atoms with van der Waals surface area (Å²) in [7, 11) is -0.739. The molecule has 5 nitrogen and oxygen atoms in total. The summed E-state index contributed by atoms with van der Waals surface area (Å²) in [6, 6.07) is 0.895. The Morgan fingerprint density at radius 1 is 1.07 bits per heavy atom. The van der Waals surface area contributed by atoms with Gasteiger partial charge in [-0.3, -0.25) is 4.79 Å². The van der Waals surface area contributed by atoms with E-state index in [-0.39, 0.29) is 11.2 Å². The lowest BCUT2D eigenvalue weighted by atomic mass is 9.74. The zero-order valence-electron chi connectivity index (χ0n) is 18.9. The fraction of sp³-hybridized carbons (Fsp3) is 0.875. The van der Waals surface area contributed by atoms with Crippen LogP contribution in [0.3, 0.4) is 0 Å². The van der Waals surface area contributed by atoms with Gasteiger partial charge in [-0.15, -0.1) is 0 Å². The van der Waals surface area contributed by atoms with Crippen molar-refractivity contribution in [2.45, 2.75) is 101 Å². The summed E-state index contributed by atoms with van der Waals surface area (Å²) in [6.45, 7) is 2.85. The van der Waals surface area contributed by atoms with E-state index in [0.717, 1.165) is 57.8 Å². The van der Waals surface area contributed by atoms with Crippen molar-refractivity contribution in [3.8, 4) is 0 Å². The maximum Gasteiger partial charge on any atom is 0.223 e. The molecule has 2 aliphatic heterocycles. The van der Waals surface area contributed by atoms with Crippen LogP contribution in [0.5, 0.6) is 0 Å². The van der Waals surface area contributed by atoms with Crippen LogP contribution in [0.4, 0.5) is 0 Å². The smallest absolute Gasteiger partial charge is 0.223 e. The van der Waals surface area contributed by atoms with Gasteiger partial charge < -0.3 is 9.80 Å². The topological polar surface area (TPSA) is 57.7 Å². The van der Waals surface area contributed by atoms with Crippen molar-refractivity contribution < 1.29 is 13.2 Å². The fourth-order valence-corrected chi connectivity index (χ4v) is 8.61. The summed E-state index contributed by atoms with van der Waals surface area (Å²) in [6.07, 6.45) is 14.7. The average Bonchev–Trinajstić information content (AvgIpc) is 3.31. The molecule has 0 aromatic heterocycles. The zero-order chi connectivity index (χ0) is 21.3. The lowest BCUT2D eigenvalue weighted by molar-refractivity contribution is -0.128. The van der Waals surface area contributed by atoms with Gasteiger partial charge >= 0.3 is 0 Å². The molecule has 0 spiro atoms. The van der Waals surface area contributed by atoms with Crippen LogP contribution < -0.4 is 0 Å². The van der Waals surface area contributed by atoms with Gasteiger partial charge in [-0.05, 0) is 82.9 Å². The van der Waals surface area contributed by atoms with Crippen molar-refractivity contribution >= 4 is 15.7 Å². The van der Waals surface area contributed by atoms with Gasteiger partial charge in [0.1, 0.15) is 0 Å². The number of likely N-dealkylation sites (tertiary alicyclic amines) is 1. The van der Waals surface area contributed by atoms with Crippen molar-refractivity contribution in [3.05, 3.63) is 11.8 Å². The molecule has 170 valence electrons. The Morgan fingerprint density at radius 3 is 2.50 bits per heavy atom. The highest BCUT2D eigenvalue weighted by atomic mass is 32.2. The maximum atomic E-state index is 12.9. The SMILES string of the molecule is CC(=O)N1C=C(C[C@H]2CCCN2C)C2CC(CCS(=O)(=O)C3CCCCC3)CCC21. The van der Waals surface area contributed by atoms with Crippen LogP contribution >= 0.6 is 0 Å². The average molecular weight is 437 g/mol. The Hall–Kier alpha value is -0.880. The maximum absolute atomic E-state index is 12.9. The van der Waals surface area contributed by atoms with Crippen LogP contribution in [0.15, 0.2) is 11.8 Å². The largest absolute Gasteiger partial charge is 0.316 e. The summed E-state index contributed by atoms with van der Waals surface area (Å²) in [5, 5.41) is -0.0874. The van der Waals surface area contributed by atoms with Crippen molar-refractivity contribution in [2.75, 3.05) is 19.3 Å².